The molecular formula is C16H19ClN4O2S. The molecule has 1 aromatic carbocycles. The largest absolute Gasteiger partial charge is 0.462 e. The first-order valence-corrected chi connectivity index (χ1v) is 8.36. The minimum absolute atomic E-state index is 0.342. The van der Waals surface area contributed by atoms with Crippen LogP contribution in [0.15, 0.2) is 30.5 Å². The Bertz CT molecular complexity index is 715. The second kappa shape index (κ2) is 8.65. The first-order chi connectivity index (χ1) is 11.5. The van der Waals surface area contributed by atoms with Gasteiger partial charge in [0.25, 0.3) is 0 Å². The van der Waals surface area contributed by atoms with Crippen molar-refractivity contribution in [2.24, 2.45) is 0 Å². The highest BCUT2D eigenvalue weighted by Gasteiger charge is 2.08. The third-order valence-electron chi connectivity index (χ3n) is 3.18. The normalized spacial score (nSPS) is 10.3. The van der Waals surface area contributed by atoms with Gasteiger partial charge in [-0.25, -0.2) is 4.79 Å². The fourth-order valence-electron chi connectivity index (χ4n) is 1.96. The SMILES string of the molecule is CCOC(=O)c1ccc(NC(=S)NCc2nn(CC)cc2Cl)cc1. The van der Waals surface area contributed by atoms with E-state index in [1.807, 2.05) is 6.92 Å². The van der Waals surface area contributed by atoms with E-state index < -0.39 is 0 Å². The minimum atomic E-state index is -0.342. The summed E-state index contributed by atoms with van der Waals surface area (Å²) in [6, 6.07) is 6.89. The number of aromatic nitrogens is 2. The van der Waals surface area contributed by atoms with Gasteiger partial charge in [0, 0.05) is 18.4 Å². The number of anilines is 1. The van der Waals surface area contributed by atoms with Gasteiger partial charge in [0.2, 0.25) is 0 Å². The number of aryl methyl sites for hydroxylation is 1. The maximum atomic E-state index is 11.6. The van der Waals surface area contributed by atoms with Crippen molar-refractivity contribution >= 4 is 40.6 Å². The Morgan fingerprint density at radius 2 is 2.04 bits per heavy atom. The van der Waals surface area contributed by atoms with Crippen LogP contribution in [0.4, 0.5) is 5.69 Å². The lowest BCUT2D eigenvalue weighted by molar-refractivity contribution is 0.0526. The maximum Gasteiger partial charge on any atom is 0.338 e. The number of halogens is 1. The molecule has 128 valence electrons. The van der Waals surface area contributed by atoms with Crippen molar-refractivity contribution in [1.82, 2.24) is 15.1 Å². The molecule has 8 heteroatoms. The van der Waals surface area contributed by atoms with Crippen LogP contribution in [0.5, 0.6) is 0 Å². The van der Waals surface area contributed by atoms with Gasteiger partial charge in [-0.2, -0.15) is 5.10 Å². The maximum absolute atomic E-state index is 11.6. The van der Waals surface area contributed by atoms with Crippen LogP contribution in [0.2, 0.25) is 5.02 Å². The van der Waals surface area contributed by atoms with Crippen molar-refractivity contribution in [3.8, 4) is 0 Å². The van der Waals surface area contributed by atoms with Crippen molar-refractivity contribution in [2.75, 3.05) is 11.9 Å². The van der Waals surface area contributed by atoms with Crippen LogP contribution < -0.4 is 10.6 Å². The number of nitrogens with zero attached hydrogens (tertiary/aromatic N) is 2. The lowest BCUT2D eigenvalue weighted by Gasteiger charge is -2.10. The van der Waals surface area contributed by atoms with E-state index in [0.717, 1.165) is 17.9 Å². The molecule has 0 unspecified atom stereocenters. The van der Waals surface area contributed by atoms with Gasteiger partial charge < -0.3 is 15.4 Å². The number of hydrogen-bond acceptors (Lipinski definition) is 4. The number of carbonyl (C=O) groups excluding carboxylic acids is 1. The zero-order chi connectivity index (χ0) is 17.5. The molecular weight excluding hydrogens is 348 g/mol. The van der Waals surface area contributed by atoms with Crippen LogP contribution in [0.1, 0.15) is 29.9 Å². The summed E-state index contributed by atoms with van der Waals surface area (Å²) in [5.74, 6) is -0.342. The van der Waals surface area contributed by atoms with Gasteiger partial charge in [-0.1, -0.05) is 11.6 Å². The molecule has 2 rings (SSSR count). The Kier molecular flexibility index (Phi) is 6.57. The molecule has 0 saturated carbocycles. The predicted molar refractivity (Wildman–Crippen MR) is 98.4 cm³/mol. The number of rotatable bonds is 6. The second-order valence-electron chi connectivity index (χ2n) is 4.88. The van der Waals surface area contributed by atoms with E-state index in [0.29, 0.717) is 28.9 Å². The molecule has 0 aliphatic heterocycles. The van der Waals surface area contributed by atoms with E-state index in [-0.39, 0.29) is 5.97 Å². The first kappa shape index (κ1) is 18.2. The van der Waals surface area contributed by atoms with Crippen molar-refractivity contribution in [3.05, 3.63) is 46.7 Å². The molecule has 2 aromatic rings. The van der Waals surface area contributed by atoms with E-state index in [4.69, 9.17) is 28.6 Å². The number of thiocarbonyl (C=S) groups is 1. The lowest BCUT2D eigenvalue weighted by Crippen LogP contribution is -2.28. The van der Waals surface area contributed by atoms with Crippen molar-refractivity contribution in [1.29, 1.82) is 0 Å². The number of hydrogen-bond donors (Lipinski definition) is 2. The number of ether oxygens (including phenoxy) is 1. The first-order valence-electron chi connectivity index (χ1n) is 7.57. The second-order valence-corrected chi connectivity index (χ2v) is 5.70. The lowest BCUT2D eigenvalue weighted by atomic mass is 10.2. The number of esters is 1. The highest BCUT2D eigenvalue weighted by molar-refractivity contribution is 7.80. The summed E-state index contributed by atoms with van der Waals surface area (Å²) in [4.78, 5) is 11.6. The van der Waals surface area contributed by atoms with Crippen LogP contribution in [0.25, 0.3) is 0 Å². The van der Waals surface area contributed by atoms with Gasteiger partial charge in [0.05, 0.1) is 23.7 Å². The Balaban J connectivity index is 1.87. The molecule has 0 spiro atoms. The third-order valence-corrected chi connectivity index (χ3v) is 3.74. The summed E-state index contributed by atoms with van der Waals surface area (Å²) in [5.41, 5.74) is 2.00. The van der Waals surface area contributed by atoms with E-state index >= 15 is 0 Å². The van der Waals surface area contributed by atoms with Crippen LogP contribution in [0.3, 0.4) is 0 Å². The molecule has 0 atom stereocenters. The number of benzene rings is 1. The monoisotopic (exact) mass is 366 g/mol. The number of nitrogens with one attached hydrogen (secondary N) is 2. The van der Waals surface area contributed by atoms with Gasteiger partial charge in [-0.15, -0.1) is 0 Å². The molecule has 0 fully saturated rings. The highest BCUT2D eigenvalue weighted by Crippen LogP contribution is 2.14. The summed E-state index contributed by atoms with van der Waals surface area (Å²) in [6.45, 7) is 5.30. The van der Waals surface area contributed by atoms with Gasteiger partial charge in [0.1, 0.15) is 5.69 Å². The molecule has 0 aliphatic rings. The van der Waals surface area contributed by atoms with Crippen LogP contribution in [-0.4, -0.2) is 27.5 Å². The van der Waals surface area contributed by atoms with Crippen molar-refractivity contribution in [2.45, 2.75) is 26.9 Å². The molecule has 0 radical (unpaired) electrons. The van der Waals surface area contributed by atoms with E-state index in [2.05, 4.69) is 15.7 Å². The molecule has 6 nitrogen and oxygen atoms in total. The molecule has 1 aromatic heterocycles. The van der Waals surface area contributed by atoms with Gasteiger partial charge >= 0.3 is 5.97 Å². The quantitative estimate of drug-likeness (QED) is 0.604. The predicted octanol–water partition coefficient (Wildman–Crippen LogP) is 3.22. The van der Waals surface area contributed by atoms with Crippen molar-refractivity contribution < 1.29 is 9.53 Å². The topological polar surface area (TPSA) is 68.2 Å². The molecule has 0 aliphatic carbocycles. The summed E-state index contributed by atoms with van der Waals surface area (Å²) in [6.07, 6.45) is 1.78. The van der Waals surface area contributed by atoms with E-state index in [9.17, 15) is 4.79 Å². The average molecular weight is 367 g/mol. The molecule has 24 heavy (non-hydrogen) atoms. The van der Waals surface area contributed by atoms with Gasteiger partial charge in [-0.3, -0.25) is 4.68 Å². The van der Waals surface area contributed by atoms with Crippen molar-refractivity contribution in [3.63, 3.8) is 0 Å². The molecule has 0 saturated heterocycles. The van der Waals surface area contributed by atoms with E-state index in [1.165, 1.54) is 0 Å². The molecule has 1 heterocycles. The van der Waals surface area contributed by atoms with Crippen LogP contribution >= 0.6 is 23.8 Å². The van der Waals surface area contributed by atoms with Gasteiger partial charge in [-0.05, 0) is 50.3 Å². The molecule has 2 N–H and O–H groups in total. The average Bonchev–Trinajstić information content (AvgIpc) is 2.94. The highest BCUT2D eigenvalue weighted by atomic mass is 35.5. The zero-order valence-corrected chi connectivity index (χ0v) is 15.1. The summed E-state index contributed by atoms with van der Waals surface area (Å²) in [5, 5.41) is 11.5. The van der Waals surface area contributed by atoms with E-state index in [1.54, 1.807) is 42.1 Å². The minimum Gasteiger partial charge on any atom is -0.462 e. The standard InChI is InChI=1S/C16H19ClN4O2S/c1-3-21-10-13(17)14(20-21)9-18-16(24)19-12-7-5-11(6-8-12)15(22)23-4-2/h5-8,10H,3-4,9H2,1-2H3,(H2,18,19,24). The molecule has 0 bridgehead atoms. The third kappa shape index (κ3) is 4.94. The van der Waals surface area contributed by atoms with Crippen LogP contribution in [0, 0.1) is 0 Å². The summed E-state index contributed by atoms with van der Waals surface area (Å²) < 4.78 is 6.71. The zero-order valence-electron chi connectivity index (χ0n) is 13.5. The molecule has 0 amide bonds. The van der Waals surface area contributed by atoms with Crippen LogP contribution in [-0.2, 0) is 17.8 Å². The fourth-order valence-corrected chi connectivity index (χ4v) is 2.37. The Morgan fingerprint density at radius 1 is 1.33 bits per heavy atom. The fraction of sp³-hybridized carbons (Fsp3) is 0.312. The Hall–Kier alpha value is -2.12. The Labute approximate surface area is 151 Å². The van der Waals surface area contributed by atoms with Gasteiger partial charge in [0.15, 0.2) is 5.11 Å². The smallest absolute Gasteiger partial charge is 0.338 e. The number of carbonyl (C=O) groups is 1. The Morgan fingerprint density at radius 3 is 2.62 bits per heavy atom. The summed E-state index contributed by atoms with van der Waals surface area (Å²) >= 11 is 11.4. The summed E-state index contributed by atoms with van der Waals surface area (Å²) in [7, 11) is 0.